The lowest BCUT2D eigenvalue weighted by Gasteiger charge is -2.29. The number of rotatable bonds is 17. The molecular formula is C31H39N7O9. The number of nitrogens with zero attached hydrogens (tertiary/aromatic N) is 2. The fourth-order valence-corrected chi connectivity index (χ4v) is 4.94. The molecule has 1 unspecified atom stereocenters. The van der Waals surface area contributed by atoms with E-state index in [1.165, 1.54) is 0 Å². The first-order valence-corrected chi connectivity index (χ1v) is 15.0. The fourth-order valence-electron chi connectivity index (χ4n) is 4.94. The molecule has 2 aliphatic rings. The zero-order valence-electron chi connectivity index (χ0n) is 26.1. The van der Waals surface area contributed by atoms with Crippen molar-refractivity contribution >= 4 is 53.1 Å². The van der Waals surface area contributed by atoms with E-state index in [-0.39, 0.29) is 45.4 Å². The van der Waals surface area contributed by atoms with Crippen LogP contribution in [0.5, 0.6) is 0 Å². The number of carbonyl (C=O) groups is 8. The summed E-state index contributed by atoms with van der Waals surface area (Å²) in [5, 5.41) is 19.7. The third kappa shape index (κ3) is 10.3. The maximum absolute atomic E-state index is 13.4. The van der Waals surface area contributed by atoms with Crippen molar-refractivity contribution in [3.8, 4) is 0 Å². The van der Waals surface area contributed by atoms with E-state index in [1.807, 2.05) is 0 Å². The van der Waals surface area contributed by atoms with Crippen LogP contribution in [0.15, 0.2) is 48.6 Å². The molecule has 3 rings (SSSR count). The van der Waals surface area contributed by atoms with E-state index in [0.29, 0.717) is 11.3 Å². The quantitative estimate of drug-likeness (QED) is 0.0909. The minimum atomic E-state index is -1.09. The van der Waals surface area contributed by atoms with Gasteiger partial charge in [-0.05, 0) is 42.9 Å². The predicted octanol–water partition coefficient (Wildman–Crippen LogP) is -0.810. The summed E-state index contributed by atoms with van der Waals surface area (Å²) < 4.78 is 0. The summed E-state index contributed by atoms with van der Waals surface area (Å²) >= 11 is 0. The number of primary amides is 1. The second kappa shape index (κ2) is 16.8. The van der Waals surface area contributed by atoms with Crippen molar-refractivity contribution in [2.24, 2.45) is 11.7 Å². The van der Waals surface area contributed by atoms with Gasteiger partial charge in [0.1, 0.15) is 12.1 Å². The summed E-state index contributed by atoms with van der Waals surface area (Å²) in [6, 6.07) is 2.53. The third-order valence-corrected chi connectivity index (χ3v) is 7.48. The van der Waals surface area contributed by atoms with Crippen LogP contribution in [0.3, 0.4) is 0 Å². The van der Waals surface area contributed by atoms with Gasteiger partial charge in [0, 0.05) is 43.0 Å². The zero-order chi connectivity index (χ0) is 34.7. The van der Waals surface area contributed by atoms with Gasteiger partial charge < -0.3 is 32.1 Å². The van der Waals surface area contributed by atoms with Crippen molar-refractivity contribution in [1.82, 2.24) is 25.8 Å². The number of nitrogens with two attached hydrogens (primary N) is 1. The second-order valence-electron chi connectivity index (χ2n) is 11.3. The molecule has 7 N–H and O–H groups in total. The van der Waals surface area contributed by atoms with Crippen molar-refractivity contribution in [3.63, 3.8) is 0 Å². The van der Waals surface area contributed by atoms with Crippen molar-refractivity contribution in [2.75, 3.05) is 18.4 Å². The van der Waals surface area contributed by atoms with Crippen LogP contribution in [0.1, 0.15) is 45.1 Å². The maximum Gasteiger partial charge on any atom is 0.312 e. The smallest absolute Gasteiger partial charge is 0.312 e. The monoisotopic (exact) mass is 653 g/mol. The Kier molecular flexibility index (Phi) is 12.9. The molecule has 0 saturated carbocycles. The minimum absolute atomic E-state index is 0.110. The number of benzene rings is 1. The Bertz CT molecular complexity index is 1420. The molecule has 0 aliphatic carbocycles. The minimum Gasteiger partial charge on any atom is -0.392 e. The predicted molar refractivity (Wildman–Crippen MR) is 166 cm³/mol. The van der Waals surface area contributed by atoms with Gasteiger partial charge in [0.2, 0.25) is 17.7 Å². The molecular weight excluding hydrogens is 614 g/mol. The van der Waals surface area contributed by atoms with Gasteiger partial charge in [-0.25, -0.2) is 4.79 Å². The second-order valence-corrected chi connectivity index (χ2v) is 11.3. The number of imide groups is 2. The average Bonchev–Trinajstić information content (AvgIpc) is 3.53. The van der Waals surface area contributed by atoms with Gasteiger partial charge in [-0.3, -0.25) is 43.4 Å². The van der Waals surface area contributed by atoms with Crippen LogP contribution in [0, 0.1) is 5.92 Å². The van der Waals surface area contributed by atoms with E-state index in [9.17, 15) is 43.5 Å². The number of hydrogen-bond acceptors (Lipinski definition) is 9. The van der Waals surface area contributed by atoms with Crippen LogP contribution in [0.4, 0.5) is 10.5 Å². The maximum atomic E-state index is 13.4. The Balaban J connectivity index is 1.67. The van der Waals surface area contributed by atoms with Crippen LogP contribution in [-0.2, 0) is 40.2 Å². The largest absolute Gasteiger partial charge is 0.392 e. The number of aliphatic hydroxyl groups is 1. The number of urea groups is 1. The third-order valence-electron chi connectivity index (χ3n) is 7.48. The van der Waals surface area contributed by atoms with Crippen LogP contribution < -0.4 is 27.0 Å². The van der Waals surface area contributed by atoms with Gasteiger partial charge in [0.25, 0.3) is 23.6 Å². The number of hydrogen-bond donors (Lipinski definition) is 6. The lowest BCUT2D eigenvalue weighted by molar-refractivity contribution is -0.145. The summed E-state index contributed by atoms with van der Waals surface area (Å²) in [6.45, 7) is 3.03. The van der Waals surface area contributed by atoms with Crippen LogP contribution >= 0.6 is 0 Å². The summed E-state index contributed by atoms with van der Waals surface area (Å²) in [5.74, 6) is -4.77. The Hall–Kier alpha value is -5.38. The highest BCUT2D eigenvalue weighted by molar-refractivity contribution is 6.14. The van der Waals surface area contributed by atoms with Gasteiger partial charge in [-0.1, -0.05) is 26.0 Å². The molecule has 0 bridgehead atoms. The van der Waals surface area contributed by atoms with E-state index >= 15 is 0 Å². The zero-order valence-corrected chi connectivity index (χ0v) is 26.1. The normalized spacial score (nSPS) is 16.0. The van der Waals surface area contributed by atoms with Crippen molar-refractivity contribution in [3.05, 3.63) is 54.1 Å². The first-order valence-electron chi connectivity index (χ1n) is 15.0. The molecule has 16 nitrogen and oxygen atoms in total. The van der Waals surface area contributed by atoms with Gasteiger partial charge >= 0.3 is 6.03 Å². The summed E-state index contributed by atoms with van der Waals surface area (Å²) in [5.41, 5.74) is 6.17. The number of anilines is 1. The van der Waals surface area contributed by atoms with Crippen LogP contribution in [0.25, 0.3) is 0 Å². The lowest BCUT2D eigenvalue weighted by atomic mass is 10.0. The highest BCUT2D eigenvalue weighted by Crippen LogP contribution is 2.18. The number of nitrogens with one attached hydrogen (secondary N) is 4. The van der Waals surface area contributed by atoms with Crippen molar-refractivity contribution in [2.45, 2.75) is 64.3 Å². The SMILES string of the molecule is CC(C)[C@H](NC(=O)CCC(CN1C(=O)C=CC1=O)N1C(=O)C=CC1=O)C(=O)N[C@@H](CCCNC(N)=O)C(=O)Nc1ccc(CO)cc1. The first kappa shape index (κ1) is 36.1. The molecule has 0 radical (unpaired) electrons. The molecule has 3 atom stereocenters. The molecule has 0 spiro atoms. The Morgan fingerprint density at radius 1 is 0.830 bits per heavy atom. The van der Waals surface area contributed by atoms with Crippen LogP contribution in [-0.4, -0.2) is 93.5 Å². The first-order chi connectivity index (χ1) is 22.3. The van der Waals surface area contributed by atoms with Gasteiger partial charge in [0.15, 0.2) is 0 Å². The molecule has 16 heteroatoms. The van der Waals surface area contributed by atoms with Gasteiger partial charge in [-0.15, -0.1) is 0 Å². The molecule has 0 aromatic heterocycles. The number of aliphatic hydroxyl groups excluding tert-OH is 1. The molecule has 0 saturated heterocycles. The van der Waals surface area contributed by atoms with E-state index in [2.05, 4.69) is 21.3 Å². The van der Waals surface area contributed by atoms with Crippen molar-refractivity contribution < 1.29 is 43.5 Å². The van der Waals surface area contributed by atoms with Crippen LogP contribution in [0.2, 0.25) is 0 Å². The van der Waals surface area contributed by atoms with E-state index in [4.69, 9.17) is 5.73 Å². The van der Waals surface area contributed by atoms with Gasteiger partial charge in [-0.2, -0.15) is 0 Å². The Morgan fingerprint density at radius 2 is 1.43 bits per heavy atom. The lowest BCUT2D eigenvalue weighted by Crippen LogP contribution is -2.55. The highest BCUT2D eigenvalue weighted by atomic mass is 16.3. The summed E-state index contributed by atoms with van der Waals surface area (Å²) in [7, 11) is 0. The summed E-state index contributed by atoms with van der Waals surface area (Å²) in [6.07, 6.45) is 4.27. The Morgan fingerprint density at radius 3 is 1.98 bits per heavy atom. The fraction of sp³-hybridized carbons (Fsp3) is 0.419. The molecule has 252 valence electrons. The number of amides is 9. The molecule has 47 heavy (non-hydrogen) atoms. The molecule has 2 aliphatic heterocycles. The van der Waals surface area contributed by atoms with E-state index < -0.39 is 71.4 Å². The van der Waals surface area contributed by atoms with E-state index in [1.54, 1.807) is 38.1 Å². The summed E-state index contributed by atoms with van der Waals surface area (Å²) in [4.78, 5) is 102. The van der Waals surface area contributed by atoms with Gasteiger partial charge in [0.05, 0.1) is 19.2 Å². The topological polar surface area (TPSA) is 237 Å². The highest BCUT2D eigenvalue weighted by Gasteiger charge is 2.36. The van der Waals surface area contributed by atoms with E-state index in [0.717, 1.165) is 34.1 Å². The Labute approximate surface area is 270 Å². The number of carbonyl (C=O) groups excluding carboxylic acids is 8. The molecule has 1 aromatic carbocycles. The standard InChI is InChI=1S/C31H39N7O9/c1-18(2)28(30(46)35-22(4-3-15-33-31(32)47)29(45)34-20-7-5-19(17-39)6-8-20)36-23(40)10-9-21(38-26(43)13-14-27(38)44)16-37-24(41)11-12-25(37)42/h5-8,11-14,18,21-22,28,39H,3-4,9-10,15-17H2,1-2H3,(H,34,45)(H,35,46)(H,36,40)(H3,32,33,47)/t21?,22-,28-/m0/s1. The average molecular weight is 654 g/mol. The molecule has 1 aromatic rings. The molecule has 2 heterocycles. The molecule has 9 amide bonds. The van der Waals surface area contributed by atoms with Crippen molar-refractivity contribution in [1.29, 1.82) is 0 Å². The molecule has 0 fully saturated rings.